The molecule has 0 unspecified atom stereocenters. The van der Waals surface area contributed by atoms with Gasteiger partial charge in [0.05, 0.1) is 0 Å². The number of carbonyl (C=O) groups excluding carboxylic acids is 3. The van der Waals surface area contributed by atoms with Gasteiger partial charge in [-0.25, -0.2) is 4.39 Å². The number of aliphatic carboxylic acids is 1. The SMILES string of the molecule is C=CC[C@@H](NC(=O)[C@H](Cc1ccccc1F)NC=O)C(=O)NCCCC(=O)O. The molecule has 0 spiro atoms. The molecular formula is C19H24FN3O5. The van der Waals surface area contributed by atoms with Crippen molar-refractivity contribution in [2.45, 2.75) is 37.8 Å². The van der Waals surface area contributed by atoms with Gasteiger partial charge in [-0.05, 0) is 24.5 Å². The first-order chi connectivity index (χ1) is 13.4. The van der Waals surface area contributed by atoms with Gasteiger partial charge in [-0.3, -0.25) is 19.2 Å². The quantitative estimate of drug-likeness (QED) is 0.221. The zero-order chi connectivity index (χ0) is 20.9. The van der Waals surface area contributed by atoms with E-state index in [-0.39, 0.29) is 37.8 Å². The van der Waals surface area contributed by atoms with Crippen molar-refractivity contribution < 1.29 is 28.7 Å². The lowest BCUT2D eigenvalue weighted by Crippen LogP contribution is -2.53. The maximum atomic E-state index is 13.8. The third-order valence-electron chi connectivity index (χ3n) is 3.87. The second-order valence-electron chi connectivity index (χ2n) is 6.01. The maximum Gasteiger partial charge on any atom is 0.303 e. The Morgan fingerprint density at radius 1 is 1.18 bits per heavy atom. The molecule has 0 radical (unpaired) electrons. The number of carbonyl (C=O) groups is 4. The molecule has 2 atom stereocenters. The number of nitrogens with one attached hydrogen (secondary N) is 3. The van der Waals surface area contributed by atoms with Gasteiger partial charge < -0.3 is 21.1 Å². The first-order valence-electron chi connectivity index (χ1n) is 8.73. The van der Waals surface area contributed by atoms with E-state index in [1.165, 1.54) is 24.3 Å². The van der Waals surface area contributed by atoms with Gasteiger partial charge in [0.15, 0.2) is 0 Å². The summed E-state index contributed by atoms with van der Waals surface area (Å²) in [6, 6.07) is 3.84. The minimum Gasteiger partial charge on any atom is -0.481 e. The summed E-state index contributed by atoms with van der Waals surface area (Å²) in [7, 11) is 0. The summed E-state index contributed by atoms with van der Waals surface area (Å²) in [6.07, 6.45) is 1.98. The Morgan fingerprint density at radius 3 is 2.50 bits per heavy atom. The zero-order valence-electron chi connectivity index (χ0n) is 15.3. The fourth-order valence-electron chi connectivity index (χ4n) is 2.44. The van der Waals surface area contributed by atoms with Crippen molar-refractivity contribution in [2.24, 2.45) is 0 Å². The van der Waals surface area contributed by atoms with Gasteiger partial charge in [0.25, 0.3) is 0 Å². The van der Waals surface area contributed by atoms with E-state index < -0.39 is 35.7 Å². The maximum absolute atomic E-state index is 13.8. The molecule has 1 rings (SSSR count). The number of carboxylic acid groups (broad SMARTS) is 1. The molecule has 0 bridgehead atoms. The van der Waals surface area contributed by atoms with Crippen LogP contribution in [-0.2, 0) is 25.6 Å². The van der Waals surface area contributed by atoms with Gasteiger partial charge in [0.2, 0.25) is 18.2 Å². The number of rotatable bonds is 13. The molecule has 1 aromatic carbocycles. The molecule has 9 heteroatoms. The largest absolute Gasteiger partial charge is 0.481 e. The fraction of sp³-hybridized carbons (Fsp3) is 0.368. The van der Waals surface area contributed by atoms with E-state index in [1.807, 2.05) is 0 Å². The van der Waals surface area contributed by atoms with Crippen LogP contribution in [0.4, 0.5) is 4.39 Å². The van der Waals surface area contributed by atoms with Crippen molar-refractivity contribution in [3.05, 3.63) is 48.3 Å². The lowest BCUT2D eigenvalue weighted by molar-refractivity contribution is -0.137. The van der Waals surface area contributed by atoms with Gasteiger partial charge in [-0.2, -0.15) is 0 Å². The highest BCUT2D eigenvalue weighted by Gasteiger charge is 2.25. The summed E-state index contributed by atoms with van der Waals surface area (Å²) >= 11 is 0. The van der Waals surface area contributed by atoms with E-state index in [2.05, 4.69) is 22.5 Å². The van der Waals surface area contributed by atoms with Crippen LogP contribution in [0.3, 0.4) is 0 Å². The molecule has 1 aromatic rings. The summed E-state index contributed by atoms with van der Waals surface area (Å²) in [4.78, 5) is 46.1. The smallest absolute Gasteiger partial charge is 0.303 e. The van der Waals surface area contributed by atoms with E-state index in [4.69, 9.17) is 5.11 Å². The van der Waals surface area contributed by atoms with Crippen LogP contribution < -0.4 is 16.0 Å². The average Bonchev–Trinajstić information content (AvgIpc) is 2.65. The lowest BCUT2D eigenvalue weighted by Gasteiger charge is -2.21. The molecule has 8 nitrogen and oxygen atoms in total. The number of hydrogen-bond donors (Lipinski definition) is 4. The van der Waals surface area contributed by atoms with Crippen molar-refractivity contribution in [2.75, 3.05) is 6.54 Å². The highest BCUT2D eigenvalue weighted by Crippen LogP contribution is 2.09. The van der Waals surface area contributed by atoms with Gasteiger partial charge >= 0.3 is 5.97 Å². The summed E-state index contributed by atoms with van der Waals surface area (Å²) in [5.74, 6) is -2.63. The molecule has 0 fully saturated rings. The molecule has 3 amide bonds. The summed E-state index contributed by atoms with van der Waals surface area (Å²) in [6.45, 7) is 3.68. The number of halogens is 1. The topological polar surface area (TPSA) is 125 Å². The molecule has 28 heavy (non-hydrogen) atoms. The summed E-state index contributed by atoms with van der Waals surface area (Å²) in [5.41, 5.74) is 0.246. The molecule has 152 valence electrons. The standard InChI is InChI=1S/C19H24FN3O5/c1-2-6-15(18(27)21-10-5-9-17(25)26)23-19(28)16(22-12-24)11-13-7-3-4-8-14(13)20/h2-4,7-8,12,15-16H,1,5-6,9-11H2,(H,21,27)(H,22,24)(H,23,28)(H,25,26)/t15-,16+/m1/s1. The molecule has 0 saturated heterocycles. The van der Waals surface area contributed by atoms with Gasteiger partial charge in [0.1, 0.15) is 17.9 Å². The van der Waals surface area contributed by atoms with E-state index in [1.54, 1.807) is 6.07 Å². The molecular weight excluding hydrogens is 369 g/mol. The predicted molar refractivity (Wildman–Crippen MR) is 99.7 cm³/mol. The average molecular weight is 393 g/mol. The fourth-order valence-corrected chi connectivity index (χ4v) is 2.44. The van der Waals surface area contributed by atoms with Crippen LogP contribution in [-0.4, -0.2) is 47.9 Å². The molecule has 0 aliphatic heterocycles. The van der Waals surface area contributed by atoms with E-state index in [0.717, 1.165) is 0 Å². The monoisotopic (exact) mass is 393 g/mol. The lowest BCUT2D eigenvalue weighted by atomic mass is 10.0. The van der Waals surface area contributed by atoms with Crippen molar-refractivity contribution in [1.82, 2.24) is 16.0 Å². The highest BCUT2D eigenvalue weighted by atomic mass is 19.1. The third kappa shape index (κ3) is 7.98. The second kappa shape index (κ2) is 12.2. The molecule has 0 aliphatic carbocycles. The Kier molecular flexibility index (Phi) is 9.95. The molecule has 0 aliphatic rings. The summed E-state index contributed by atoms with van der Waals surface area (Å²) in [5, 5.41) is 16.0. The third-order valence-corrected chi connectivity index (χ3v) is 3.87. The molecule has 4 N–H and O–H groups in total. The van der Waals surface area contributed by atoms with Crippen LogP contribution in [0.1, 0.15) is 24.8 Å². The molecule has 0 aromatic heterocycles. The second-order valence-corrected chi connectivity index (χ2v) is 6.01. The van der Waals surface area contributed by atoms with Crippen molar-refractivity contribution in [1.29, 1.82) is 0 Å². The Balaban J connectivity index is 2.73. The zero-order valence-corrected chi connectivity index (χ0v) is 15.3. The Morgan fingerprint density at radius 2 is 1.89 bits per heavy atom. The number of hydrogen-bond acceptors (Lipinski definition) is 4. The minimum absolute atomic E-state index is 0.0850. The number of amides is 3. The van der Waals surface area contributed by atoms with E-state index in [0.29, 0.717) is 6.41 Å². The van der Waals surface area contributed by atoms with Crippen LogP contribution in [0.15, 0.2) is 36.9 Å². The highest BCUT2D eigenvalue weighted by molar-refractivity contribution is 5.90. The molecule has 0 heterocycles. The number of carboxylic acids is 1. The van der Waals surface area contributed by atoms with Crippen LogP contribution in [0.5, 0.6) is 0 Å². The van der Waals surface area contributed by atoms with Crippen LogP contribution in [0, 0.1) is 5.82 Å². The first-order valence-corrected chi connectivity index (χ1v) is 8.73. The number of benzene rings is 1. The van der Waals surface area contributed by atoms with Crippen molar-refractivity contribution in [3.8, 4) is 0 Å². The van der Waals surface area contributed by atoms with Crippen molar-refractivity contribution >= 4 is 24.2 Å². The Bertz CT molecular complexity index is 711. The van der Waals surface area contributed by atoms with Crippen LogP contribution >= 0.6 is 0 Å². The van der Waals surface area contributed by atoms with Gasteiger partial charge in [-0.15, -0.1) is 6.58 Å². The van der Waals surface area contributed by atoms with Crippen molar-refractivity contribution in [3.63, 3.8) is 0 Å². The van der Waals surface area contributed by atoms with E-state index in [9.17, 15) is 23.6 Å². The summed E-state index contributed by atoms with van der Waals surface area (Å²) < 4.78 is 13.8. The predicted octanol–water partition coefficient (Wildman–Crippen LogP) is 0.525. The Hall–Kier alpha value is -3.23. The van der Waals surface area contributed by atoms with E-state index >= 15 is 0 Å². The minimum atomic E-state index is -1.07. The first kappa shape index (κ1) is 22.8. The normalized spacial score (nSPS) is 12.3. The van der Waals surface area contributed by atoms with Crippen LogP contribution in [0.25, 0.3) is 0 Å². The Labute approximate surface area is 162 Å². The van der Waals surface area contributed by atoms with Gasteiger partial charge in [0, 0.05) is 19.4 Å². The van der Waals surface area contributed by atoms with Crippen LogP contribution in [0.2, 0.25) is 0 Å². The van der Waals surface area contributed by atoms with Gasteiger partial charge in [-0.1, -0.05) is 24.3 Å². The molecule has 0 saturated carbocycles.